The number of hydrogen-bond acceptors (Lipinski definition) is 11. The number of carbonyl (C=O) groups is 10. The van der Waals surface area contributed by atoms with E-state index in [1.807, 2.05) is 27.7 Å². The van der Waals surface area contributed by atoms with E-state index in [1.165, 1.54) is 6.92 Å². The van der Waals surface area contributed by atoms with Gasteiger partial charge in [-0.15, -0.1) is 0 Å². The van der Waals surface area contributed by atoms with Gasteiger partial charge in [0.05, 0.1) is 18.4 Å². The second kappa shape index (κ2) is 34.1. The predicted octanol–water partition coefficient (Wildman–Crippen LogP) is 3.39. The molecule has 0 unspecified atom stereocenters. The molecule has 0 saturated carbocycles. The molecule has 0 aliphatic heterocycles. The lowest BCUT2D eigenvalue weighted by atomic mass is 9.97. The minimum Gasteiger partial charge on any atom is -0.481 e. The summed E-state index contributed by atoms with van der Waals surface area (Å²) < 4.78 is 0. The first-order chi connectivity index (χ1) is 33.0. The van der Waals surface area contributed by atoms with Crippen LogP contribution < -0.4 is 37.2 Å². The average Bonchev–Trinajstić information content (AvgIpc) is 3.24. The minimum absolute atomic E-state index is 0.0190. The maximum Gasteiger partial charge on any atom is 0.326 e. The van der Waals surface area contributed by atoms with Crippen molar-refractivity contribution in [2.24, 2.45) is 35.5 Å². The van der Waals surface area contributed by atoms with Gasteiger partial charge >= 0.3 is 17.9 Å². The van der Waals surface area contributed by atoms with Gasteiger partial charge in [0.15, 0.2) is 0 Å². The zero-order valence-electron chi connectivity index (χ0n) is 44.4. The molecule has 0 spiro atoms. The molecule has 0 saturated heterocycles. The van der Waals surface area contributed by atoms with Crippen LogP contribution in [0.15, 0.2) is 0 Å². The van der Waals surface area contributed by atoms with Crippen LogP contribution in [0.3, 0.4) is 0 Å². The normalized spacial score (nSPS) is 15.4. The summed E-state index contributed by atoms with van der Waals surface area (Å²) >= 11 is 0. The van der Waals surface area contributed by atoms with Crippen molar-refractivity contribution in [1.82, 2.24) is 37.2 Å². The summed E-state index contributed by atoms with van der Waals surface area (Å²) in [6.07, 6.45) is 3.29. The maximum absolute atomic E-state index is 14.1. The Bertz CT molecular complexity index is 1740. The summed E-state index contributed by atoms with van der Waals surface area (Å²) in [4.78, 5) is 132. The van der Waals surface area contributed by atoms with E-state index in [4.69, 9.17) is 0 Å². The van der Waals surface area contributed by atoms with Crippen molar-refractivity contribution in [3.8, 4) is 0 Å². The molecular formula is C50H89N7O14. The first-order valence-corrected chi connectivity index (χ1v) is 25.5. The van der Waals surface area contributed by atoms with E-state index < -0.39 is 139 Å². The van der Waals surface area contributed by atoms with E-state index in [1.54, 1.807) is 41.5 Å². The van der Waals surface area contributed by atoms with Gasteiger partial charge in [-0.2, -0.15) is 0 Å². The molecule has 408 valence electrons. The minimum atomic E-state index is -1.82. The molecular weight excluding hydrogens is 923 g/mol. The number of aliphatic hydroxyl groups excluding tert-OH is 1. The van der Waals surface area contributed by atoms with Crippen LogP contribution in [-0.2, 0) is 47.9 Å². The van der Waals surface area contributed by atoms with Crippen LogP contribution in [0.25, 0.3) is 0 Å². The molecule has 0 aromatic rings. The average molecular weight is 1010 g/mol. The smallest absolute Gasteiger partial charge is 0.326 e. The van der Waals surface area contributed by atoms with Gasteiger partial charge in [-0.3, -0.25) is 43.2 Å². The second-order valence-electron chi connectivity index (χ2n) is 20.9. The summed E-state index contributed by atoms with van der Waals surface area (Å²) in [6.45, 7) is 21.2. The van der Waals surface area contributed by atoms with E-state index >= 15 is 0 Å². The number of nitrogens with one attached hydrogen (secondary N) is 7. The van der Waals surface area contributed by atoms with Crippen molar-refractivity contribution in [1.29, 1.82) is 0 Å². The topological polar surface area (TPSA) is 336 Å². The molecule has 21 heteroatoms. The molecule has 0 radical (unpaired) electrons. The van der Waals surface area contributed by atoms with Gasteiger partial charge in [-0.25, -0.2) is 4.79 Å². The Labute approximate surface area is 420 Å². The summed E-state index contributed by atoms with van der Waals surface area (Å²) in [5, 5.41) is 57.4. The van der Waals surface area contributed by atoms with E-state index in [-0.39, 0.29) is 49.4 Å². The summed E-state index contributed by atoms with van der Waals surface area (Å²) in [7, 11) is 0. The van der Waals surface area contributed by atoms with Gasteiger partial charge in [0.25, 0.3) is 0 Å². The zero-order chi connectivity index (χ0) is 54.7. The van der Waals surface area contributed by atoms with Crippen LogP contribution in [0.1, 0.15) is 173 Å². The lowest BCUT2D eigenvalue weighted by Crippen LogP contribution is -2.60. The van der Waals surface area contributed by atoms with E-state index in [0.29, 0.717) is 12.8 Å². The largest absolute Gasteiger partial charge is 0.481 e. The molecule has 0 aliphatic carbocycles. The van der Waals surface area contributed by atoms with Gasteiger partial charge in [0.1, 0.15) is 42.3 Å². The van der Waals surface area contributed by atoms with Crippen molar-refractivity contribution in [2.45, 2.75) is 221 Å². The maximum atomic E-state index is 14.1. The zero-order valence-corrected chi connectivity index (χ0v) is 44.4. The van der Waals surface area contributed by atoms with Crippen molar-refractivity contribution in [3.05, 3.63) is 0 Å². The van der Waals surface area contributed by atoms with E-state index in [9.17, 15) is 68.4 Å². The van der Waals surface area contributed by atoms with E-state index in [2.05, 4.69) is 44.1 Å². The number of aliphatic carboxylic acids is 3. The molecule has 71 heavy (non-hydrogen) atoms. The Kier molecular flexibility index (Phi) is 31.5. The Hall–Kier alpha value is -5.34. The molecule has 0 aromatic heterocycles. The van der Waals surface area contributed by atoms with Gasteiger partial charge in [-0.05, 0) is 68.1 Å². The van der Waals surface area contributed by atoms with Crippen molar-refractivity contribution in [3.63, 3.8) is 0 Å². The van der Waals surface area contributed by atoms with Crippen LogP contribution in [0.4, 0.5) is 0 Å². The highest BCUT2D eigenvalue weighted by atomic mass is 16.4. The first-order valence-electron chi connectivity index (χ1n) is 25.5. The molecule has 9 atom stereocenters. The van der Waals surface area contributed by atoms with Gasteiger partial charge in [0.2, 0.25) is 41.4 Å². The van der Waals surface area contributed by atoms with Gasteiger partial charge in [0, 0.05) is 6.42 Å². The molecule has 0 heterocycles. The second-order valence-corrected chi connectivity index (χ2v) is 20.9. The summed E-state index contributed by atoms with van der Waals surface area (Å²) in [6, 6.07) is -9.60. The highest BCUT2D eigenvalue weighted by Gasteiger charge is 2.36. The molecule has 21 nitrogen and oxygen atoms in total. The quantitative estimate of drug-likeness (QED) is 0.0398. The highest BCUT2D eigenvalue weighted by Crippen LogP contribution is 2.17. The fraction of sp³-hybridized carbons (Fsp3) is 0.800. The lowest BCUT2D eigenvalue weighted by Gasteiger charge is -2.29. The van der Waals surface area contributed by atoms with E-state index in [0.717, 1.165) is 32.1 Å². The number of rotatable bonds is 37. The van der Waals surface area contributed by atoms with Crippen LogP contribution in [0, 0.1) is 35.5 Å². The highest BCUT2D eigenvalue weighted by molar-refractivity contribution is 5.98. The molecule has 0 rings (SSSR count). The Balaban J connectivity index is 6.51. The van der Waals surface area contributed by atoms with Crippen LogP contribution in [-0.4, -0.2) is 128 Å². The SMILES string of the molecule is CCCCCCCC[C@@H](O)[C@H](C)C(=O)N[C@H](CCC(=O)O)C(=O)N[C@H](CC(=O)O)C(=O)N[C@H](CC(C)C)C(=O)N[C@H](CC(C)C)C(=O)N[C@H](CC(C)C)C(=O)N[C@H](CC(C)C)C(=O)N[C@@H](C(=O)O)C(C)C. The fourth-order valence-electron chi connectivity index (χ4n) is 7.72. The molecule has 0 aromatic carbocycles. The van der Waals surface area contributed by atoms with Crippen LogP contribution in [0.2, 0.25) is 0 Å². The Morgan fingerprint density at radius 1 is 0.394 bits per heavy atom. The summed E-state index contributed by atoms with van der Waals surface area (Å²) in [5.74, 6) is -12.2. The van der Waals surface area contributed by atoms with Crippen LogP contribution >= 0.6 is 0 Å². The molecule has 0 fully saturated rings. The Morgan fingerprint density at radius 2 is 0.732 bits per heavy atom. The number of unbranched alkanes of at least 4 members (excludes halogenated alkanes) is 5. The fourth-order valence-corrected chi connectivity index (χ4v) is 7.72. The third-order valence-electron chi connectivity index (χ3n) is 11.7. The van der Waals surface area contributed by atoms with Crippen molar-refractivity contribution < 1.29 is 68.4 Å². The predicted molar refractivity (Wildman–Crippen MR) is 266 cm³/mol. The number of aliphatic hydroxyl groups is 1. The van der Waals surface area contributed by atoms with Gasteiger partial charge in [-0.1, -0.05) is 122 Å². The standard InChI is InChI=1S/C50H89N7O14/c1-13-14-15-16-17-18-19-39(58)32(12)43(63)51-33(20-21-40(59)60)44(64)56-38(26-41(61)62)48(68)54-36(24-29(6)7)46(66)52-34(22-27(2)3)45(65)53-35(23-28(4)5)47(67)55-37(25-30(8)9)49(69)57-42(31(10)11)50(70)71/h27-39,42,58H,13-26H2,1-12H3,(H,51,63)(H,52,66)(H,53,65)(H,54,68)(H,55,67)(H,56,64)(H,57,69)(H,59,60)(H,61,62)(H,70,71)/t32-,33+,34+,35+,36+,37+,38+,39+,42+/m0/s1. The number of carboxylic acids is 3. The third-order valence-corrected chi connectivity index (χ3v) is 11.7. The monoisotopic (exact) mass is 1010 g/mol. The number of carbonyl (C=O) groups excluding carboxylic acids is 7. The van der Waals surface area contributed by atoms with Crippen molar-refractivity contribution >= 4 is 59.3 Å². The lowest BCUT2D eigenvalue weighted by molar-refractivity contribution is -0.143. The number of carboxylic acid groups (broad SMARTS) is 3. The number of hydrogen-bond donors (Lipinski definition) is 11. The molecule has 7 amide bonds. The Morgan fingerprint density at radius 3 is 1.08 bits per heavy atom. The third kappa shape index (κ3) is 27.7. The van der Waals surface area contributed by atoms with Crippen LogP contribution in [0.5, 0.6) is 0 Å². The van der Waals surface area contributed by atoms with Crippen molar-refractivity contribution in [2.75, 3.05) is 0 Å². The molecule has 11 N–H and O–H groups in total. The molecule has 0 bridgehead atoms. The first kappa shape index (κ1) is 65.7. The number of amides is 7. The molecule has 0 aliphatic rings. The summed E-state index contributed by atoms with van der Waals surface area (Å²) in [5.41, 5.74) is 0. The van der Waals surface area contributed by atoms with Gasteiger partial charge < -0.3 is 57.6 Å².